The number of carbonyl (C=O) groups is 4. The maximum atomic E-state index is 14.3. The first kappa shape index (κ1) is 30.4. The van der Waals surface area contributed by atoms with Gasteiger partial charge in [-0.2, -0.15) is 0 Å². The van der Waals surface area contributed by atoms with E-state index in [0.717, 1.165) is 6.92 Å². The molecule has 0 fully saturated rings. The fraction of sp³-hybridized carbons (Fsp3) is 0.412. The van der Waals surface area contributed by atoms with E-state index in [4.69, 9.17) is 0 Å². The van der Waals surface area contributed by atoms with Crippen LogP contribution < -0.4 is 0 Å². The fourth-order valence-corrected chi connectivity index (χ4v) is 8.06. The van der Waals surface area contributed by atoms with Crippen LogP contribution in [0.3, 0.4) is 0 Å². The molecule has 0 saturated carbocycles. The molecule has 0 heterocycles. The Labute approximate surface area is 249 Å². The second-order valence-electron chi connectivity index (χ2n) is 12.9. The molecule has 0 saturated heterocycles. The van der Waals surface area contributed by atoms with Crippen LogP contribution in [0.5, 0.6) is 5.75 Å². The first-order chi connectivity index (χ1) is 19.9. The van der Waals surface area contributed by atoms with Crippen LogP contribution in [-0.4, -0.2) is 60.4 Å². The minimum atomic E-state index is -2.94. The molecular weight excluding hydrogens is 552 g/mol. The summed E-state index contributed by atoms with van der Waals surface area (Å²) in [4.78, 5) is 52.5. The largest absolute Gasteiger partial charge is 0.511 e. The van der Waals surface area contributed by atoms with E-state index in [9.17, 15) is 44.7 Å². The molecule has 9 nitrogen and oxygen atoms in total. The third-order valence-corrected chi connectivity index (χ3v) is 10.4. The Morgan fingerprint density at radius 3 is 2.00 bits per heavy atom. The SMILES string of the molecule is CC(=O)C1=C(O)C(C(C)C)[C@@]2(C)[C@H](O)[C@]3(C)C(=C(O)[C@@]2(O)C1=O)C(=O)c1c(ccc(-c2ccc(C(C)=O)cc2)c1O)[C@H]3C. The molecule has 2 aromatic carbocycles. The van der Waals surface area contributed by atoms with Crippen molar-refractivity contribution in [1.82, 2.24) is 0 Å². The normalized spacial score (nSPS) is 32.0. The van der Waals surface area contributed by atoms with Crippen molar-refractivity contribution in [3.05, 3.63) is 75.8 Å². The van der Waals surface area contributed by atoms with Crippen molar-refractivity contribution < 1.29 is 44.7 Å². The lowest BCUT2D eigenvalue weighted by atomic mass is 9.41. The summed E-state index contributed by atoms with van der Waals surface area (Å²) < 4.78 is 0. The van der Waals surface area contributed by atoms with Crippen molar-refractivity contribution in [2.45, 2.75) is 66.1 Å². The summed E-state index contributed by atoms with van der Waals surface area (Å²) in [5.74, 6) is -7.57. The van der Waals surface area contributed by atoms with Crippen LogP contribution in [0.4, 0.5) is 0 Å². The van der Waals surface area contributed by atoms with Gasteiger partial charge in [0.15, 0.2) is 23.0 Å². The van der Waals surface area contributed by atoms with Crippen LogP contribution in [0.25, 0.3) is 11.1 Å². The third kappa shape index (κ3) is 3.52. The van der Waals surface area contributed by atoms with Crippen molar-refractivity contribution in [1.29, 1.82) is 0 Å². The molecule has 0 aliphatic heterocycles. The molecule has 6 atom stereocenters. The standard InChI is InChI=1S/C34H36O9/c1-14(2)24-27(38)22(17(5)36)29(40)34(43)30(41)25-28(39)23-20(15(3)32(25,6)31(42)33(24,34)7)12-13-21(26(23)37)19-10-8-18(9-11-19)16(4)35/h8-15,24,31,37-38,41-43H,1-7H3/t15-,24?,31-,32+,33+,34+/m1/s1. The van der Waals surface area contributed by atoms with E-state index in [1.807, 2.05) is 0 Å². The summed E-state index contributed by atoms with van der Waals surface area (Å²) >= 11 is 0. The number of rotatable bonds is 4. The average Bonchev–Trinajstić information content (AvgIpc) is 2.93. The first-order valence-corrected chi connectivity index (χ1v) is 14.2. The number of aliphatic hydroxyl groups is 4. The maximum absolute atomic E-state index is 14.3. The van der Waals surface area contributed by atoms with Crippen LogP contribution >= 0.6 is 0 Å². The number of benzene rings is 2. The lowest BCUT2D eigenvalue weighted by molar-refractivity contribution is -0.211. The molecule has 3 aliphatic rings. The molecule has 2 aromatic rings. The highest BCUT2D eigenvalue weighted by Gasteiger charge is 2.76. The van der Waals surface area contributed by atoms with E-state index < -0.39 is 86.1 Å². The Hall–Kier alpha value is -4.08. The van der Waals surface area contributed by atoms with E-state index in [0.29, 0.717) is 16.7 Å². The molecule has 0 radical (unpaired) electrons. The van der Waals surface area contributed by atoms with E-state index >= 15 is 0 Å². The number of aliphatic hydroxyl groups excluding tert-OH is 3. The molecule has 43 heavy (non-hydrogen) atoms. The number of allylic oxidation sites excluding steroid dienone is 1. The summed E-state index contributed by atoms with van der Waals surface area (Å²) in [5, 5.41) is 59.1. The monoisotopic (exact) mass is 588 g/mol. The van der Waals surface area contributed by atoms with Crippen molar-refractivity contribution in [2.75, 3.05) is 0 Å². The molecule has 5 N–H and O–H groups in total. The molecule has 1 unspecified atom stereocenters. The van der Waals surface area contributed by atoms with Gasteiger partial charge in [-0.05, 0) is 36.8 Å². The van der Waals surface area contributed by atoms with Gasteiger partial charge >= 0.3 is 0 Å². The van der Waals surface area contributed by atoms with Gasteiger partial charge < -0.3 is 25.5 Å². The highest BCUT2D eigenvalue weighted by Crippen LogP contribution is 2.67. The Morgan fingerprint density at radius 1 is 0.907 bits per heavy atom. The van der Waals surface area contributed by atoms with Crippen molar-refractivity contribution in [2.24, 2.45) is 22.7 Å². The van der Waals surface area contributed by atoms with Crippen molar-refractivity contribution >= 4 is 23.1 Å². The van der Waals surface area contributed by atoms with E-state index in [1.165, 1.54) is 13.8 Å². The molecule has 0 spiro atoms. The molecule has 5 rings (SSSR count). The van der Waals surface area contributed by atoms with Gasteiger partial charge in [-0.25, -0.2) is 0 Å². The van der Waals surface area contributed by atoms with Crippen molar-refractivity contribution in [3.8, 4) is 16.9 Å². The van der Waals surface area contributed by atoms with Gasteiger partial charge in [0, 0.05) is 27.9 Å². The zero-order valence-corrected chi connectivity index (χ0v) is 25.1. The van der Waals surface area contributed by atoms with Gasteiger partial charge in [0.25, 0.3) is 0 Å². The van der Waals surface area contributed by atoms with Crippen LogP contribution in [0.1, 0.15) is 80.7 Å². The Balaban J connectivity index is 1.81. The van der Waals surface area contributed by atoms with E-state index in [-0.39, 0.29) is 16.9 Å². The first-order valence-electron chi connectivity index (χ1n) is 14.2. The Bertz CT molecular complexity index is 1690. The Kier molecular flexibility index (Phi) is 6.68. The summed E-state index contributed by atoms with van der Waals surface area (Å²) in [7, 11) is 0. The highest BCUT2D eigenvalue weighted by molar-refractivity contribution is 6.25. The predicted molar refractivity (Wildman–Crippen MR) is 157 cm³/mol. The second kappa shape index (κ2) is 9.46. The molecule has 0 aromatic heterocycles. The summed E-state index contributed by atoms with van der Waals surface area (Å²) in [6.07, 6.45) is -1.68. The quantitative estimate of drug-likeness (QED) is 0.250. The average molecular weight is 589 g/mol. The number of carbonyl (C=O) groups excluding carboxylic acids is 4. The van der Waals surface area contributed by atoms with Crippen LogP contribution in [-0.2, 0) is 9.59 Å². The lowest BCUT2D eigenvalue weighted by Gasteiger charge is -2.63. The number of ketones is 4. The van der Waals surface area contributed by atoms with Crippen LogP contribution in [0.15, 0.2) is 59.1 Å². The molecular formula is C34H36O9. The summed E-state index contributed by atoms with van der Waals surface area (Å²) in [6.45, 7) is 10.5. The van der Waals surface area contributed by atoms with Crippen LogP contribution in [0.2, 0.25) is 0 Å². The number of Topliss-reactive ketones (excluding diaryl/α,β-unsaturated/α-hetero) is 4. The lowest BCUT2D eigenvalue weighted by Crippen LogP contribution is -2.73. The fourth-order valence-electron chi connectivity index (χ4n) is 8.06. The maximum Gasteiger partial charge on any atom is 0.209 e. The zero-order valence-electron chi connectivity index (χ0n) is 25.1. The second-order valence-corrected chi connectivity index (χ2v) is 12.9. The number of hydrogen-bond acceptors (Lipinski definition) is 9. The van der Waals surface area contributed by atoms with Gasteiger partial charge in [0.05, 0.1) is 17.2 Å². The van der Waals surface area contributed by atoms with Crippen molar-refractivity contribution in [3.63, 3.8) is 0 Å². The van der Waals surface area contributed by atoms with Gasteiger partial charge in [-0.1, -0.05) is 71.0 Å². The topological polar surface area (TPSA) is 169 Å². The predicted octanol–water partition coefficient (Wildman–Crippen LogP) is 4.75. The molecule has 9 heteroatoms. The van der Waals surface area contributed by atoms with E-state index in [2.05, 4.69) is 0 Å². The third-order valence-electron chi connectivity index (χ3n) is 10.4. The zero-order chi connectivity index (χ0) is 32.1. The number of phenolic OH excluding ortho intramolecular Hbond substituents is 1. The smallest absolute Gasteiger partial charge is 0.209 e. The number of aromatic hydroxyl groups is 1. The summed E-state index contributed by atoms with van der Waals surface area (Å²) in [5.41, 5.74) is -6.16. The molecule has 0 bridgehead atoms. The minimum Gasteiger partial charge on any atom is -0.511 e. The minimum absolute atomic E-state index is 0.138. The van der Waals surface area contributed by atoms with Gasteiger partial charge in [-0.15, -0.1) is 0 Å². The van der Waals surface area contributed by atoms with Gasteiger partial charge in [0.1, 0.15) is 22.8 Å². The molecule has 0 amide bonds. The number of phenols is 1. The number of fused-ring (bicyclic) bond motifs is 3. The van der Waals surface area contributed by atoms with Gasteiger partial charge in [-0.3, -0.25) is 19.2 Å². The Morgan fingerprint density at radius 2 is 1.49 bits per heavy atom. The van der Waals surface area contributed by atoms with E-state index in [1.54, 1.807) is 64.1 Å². The van der Waals surface area contributed by atoms with Crippen LogP contribution in [0, 0.1) is 22.7 Å². The molecule has 226 valence electrons. The highest BCUT2D eigenvalue weighted by atomic mass is 16.4. The van der Waals surface area contributed by atoms with Gasteiger partial charge in [0.2, 0.25) is 5.78 Å². The number of hydrogen-bond donors (Lipinski definition) is 5. The molecule has 3 aliphatic carbocycles. The summed E-state index contributed by atoms with van der Waals surface area (Å²) in [6, 6.07) is 9.72.